The molecule has 0 saturated heterocycles. The van der Waals surface area contributed by atoms with Gasteiger partial charge in [0.15, 0.2) is 0 Å². The van der Waals surface area contributed by atoms with E-state index in [1.807, 2.05) is 84.9 Å². The normalized spacial score (nSPS) is 11.7. The molecule has 0 N–H and O–H groups in total. The molecule has 10 aromatic carbocycles. The van der Waals surface area contributed by atoms with E-state index in [9.17, 15) is 10.5 Å². The van der Waals surface area contributed by atoms with Crippen LogP contribution in [-0.4, -0.2) is 19.9 Å². The minimum atomic E-state index is 0. The van der Waals surface area contributed by atoms with Crippen molar-refractivity contribution in [2.45, 2.75) is 0 Å². The number of rotatable bonds is 2. The van der Waals surface area contributed by atoms with Crippen LogP contribution in [0, 0.1) is 22.7 Å². The van der Waals surface area contributed by atoms with Gasteiger partial charge in [-0.2, -0.15) is 10.5 Å². The van der Waals surface area contributed by atoms with E-state index in [1.165, 1.54) is 0 Å². The van der Waals surface area contributed by atoms with Crippen LogP contribution in [0.25, 0.3) is 155 Å². The smallest absolute Gasteiger partial charge is 0.435 e. The molecule has 5 heterocycles. The van der Waals surface area contributed by atoms with Crippen LogP contribution in [0.1, 0.15) is 11.1 Å². The Balaban J connectivity index is 0.00000493. The number of nitrogens with zero attached hydrogens (tertiary/aromatic N) is 8. The predicted octanol–water partition coefficient (Wildman–Crippen LogP) is 15.0. The number of fused-ring (bicyclic) bond motifs is 24. The summed E-state index contributed by atoms with van der Waals surface area (Å²) in [5.41, 5.74) is 11.2. The van der Waals surface area contributed by atoms with Gasteiger partial charge in [0, 0.05) is 33.4 Å². The minimum absolute atomic E-state index is 0. The first-order valence-electron chi connectivity index (χ1n) is 23.7. The van der Waals surface area contributed by atoms with E-state index in [2.05, 4.69) is 121 Å². The molecule has 2 aliphatic heterocycles. The number of aromatic nitrogens is 6. The molecule has 8 bridgehead atoms. The van der Waals surface area contributed by atoms with Crippen molar-refractivity contribution in [2.75, 3.05) is 0 Å². The number of hydrogen-bond acceptors (Lipinski definition) is 6. The van der Waals surface area contributed by atoms with E-state index in [1.54, 1.807) is 0 Å². The van der Waals surface area contributed by atoms with Crippen molar-refractivity contribution >= 4 is 87.0 Å². The molecule has 0 atom stereocenters. The van der Waals surface area contributed by atoms with Crippen LogP contribution in [0.3, 0.4) is 0 Å². The zero-order chi connectivity index (χ0) is 47.6. The molecular formula is C64H32N8Pt. The van der Waals surface area contributed by atoms with Gasteiger partial charge in [-0.25, -0.2) is 4.98 Å². The quantitative estimate of drug-likeness (QED) is 0.167. The first-order valence-corrected chi connectivity index (χ1v) is 23.7. The van der Waals surface area contributed by atoms with Crippen LogP contribution in [0.15, 0.2) is 194 Å². The Bertz CT molecular complexity index is 4560. The van der Waals surface area contributed by atoms with Crippen LogP contribution < -0.4 is 9.97 Å². The summed E-state index contributed by atoms with van der Waals surface area (Å²) in [4.78, 5) is 33.3. The molecule has 0 spiro atoms. The van der Waals surface area contributed by atoms with Crippen molar-refractivity contribution in [1.82, 2.24) is 29.9 Å². The Labute approximate surface area is 430 Å². The van der Waals surface area contributed by atoms with Crippen LogP contribution >= 0.6 is 0 Å². The molecule has 9 heteroatoms. The first kappa shape index (κ1) is 42.3. The maximum absolute atomic E-state index is 10.4. The average Bonchev–Trinajstić information content (AvgIpc) is 4.16. The summed E-state index contributed by atoms with van der Waals surface area (Å²) < 4.78 is 0. The van der Waals surface area contributed by atoms with Gasteiger partial charge in [-0.1, -0.05) is 121 Å². The van der Waals surface area contributed by atoms with Crippen molar-refractivity contribution in [1.29, 1.82) is 10.5 Å². The molecule has 15 rings (SSSR count). The topological polar surface area (TPSA) is 127 Å². The summed E-state index contributed by atoms with van der Waals surface area (Å²) in [7, 11) is 0. The number of benzene rings is 10. The van der Waals surface area contributed by atoms with Gasteiger partial charge in [-0.3, -0.25) is 4.98 Å². The monoisotopic (exact) mass is 1110 g/mol. The first-order chi connectivity index (χ1) is 35.5. The van der Waals surface area contributed by atoms with Crippen molar-refractivity contribution in [3.8, 4) is 79.7 Å². The van der Waals surface area contributed by atoms with E-state index in [0.717, 1.165) is 109 Å². The predicted molar refractivity (Wildman–Crippen MR) is 289 cm³/mol. The maximum atomic E-state index is 10.4. The van der Waals surface area contributed by atoms with Crippen LogP contribution in [-0.2, 0) is 21.1 Å². The van der Waals surface area contributed by atoms with E-state index < -0.39 is 0 Å². The third kappa shape index (κ3) is 6.55. The number of nitriles is 2. The van der Waals surface area contributed by atoms with Gasteiger partial charge >= 0.3 is 21.1 Å². The third-order valence-corrected chi connectivity index (χ3v) is 14.3. The van der Waals surface area contributed by atoms with Gasteiger partial charge in [-0.15, -0.1) is 0 Å². The van der Waals surface area contributed by atoms with Crippen molar-refractivity contribution in [3.05, 3.63) is 205 Å². The molecule has 0 fully saturated rings. The molecule has 2 aliphatic rings. The molecular weight excluding hydrogens is 1080 g/mol. The van der Waals surface area contributed by atoms with Gasteiger partial charge in [0.05, 0.1) is 46.3 Å². The minimum Gasteiger partial charge on any atom is -0.435 e. The zero-order valence-electron chi connectivity index (χ0n) is 38.4. The second-order valence-corrected chi connectivity index (χ2v) is 18.5. The second kappa shape index (κ2) is 16.2. The number of hydrogen-bond donors (Lipinski definition) is 0. The summed E-state index contributed by atoms with van der Waals surface area (Å²) in [6.07, 6.45) is 0. The summed E-state index contributed by atoms with van der Waals surface area (Å²) in [6.45, 7) is 0. The SMILES string of the molecule is N#Cc1cccc(-c2c3nc(c(-c4cccc(C#N)c4)c4[n-]c(nc5nc(nc6[n-]c2c2cc7ccccc7cc62)-c2cc6ccccc6cc2-5)c2cc5ccccc5cc42)-c2cc4ccccc4cc2-3)c1.[Pt+2]. The summed E-state index contributed by atoms with van der Waals surface area (Å²) >= 11 is 0. The molecule has 0 unspecified atom stereocenters. The summed E-state index contributed by atoms with van der Waals surface area (Å²) in [6, 6.07) is 70.9. The Hall–Kier alpha value is -9.59. The molecule has 0 amide bonds. The van der Waals surface area contributed by atoms with Crippen molar-refractivity contribution in [2.24, 2.45) is 0 Å². The maximum Gasteiger partial charge on any atom is 2.00 e. The summed E-state index contributed by atoms with van der Waals surface area (Å²) in [5.74, 6) is 0.975. The fourth-order valence-electron chi connectivity index (χ4n) is 11.0. The van der Waals surface area contributed by atoms with Gasteiger partial charge in [-0.05, 0) is 171 Å². The largest absolute Gasteiger partial charge is 2.00 e. The fourth-order valence-corrected chi connectivity index (χ4v) is 11.0. The van der Waals surface area contributed by atoms with Crippen LogP contribution in [0.4, 0.5) is 0 Å². The van der Waals surface area contributed by atoms with Gasteiger partial charge in [0.25, 0.3) is 0 Å². The molecule has 0 aliphatic carbocycles. The van der Waals surface area contributed by atoms with Gasteiger partial charge in [0.1, 0.15) is 0 Å². The summed E-state index contributed by atoms with van der Waals surface area (Å²) in [5, 5.41) is 32.7. The van der Waals surface area contributed by atoms with Crippen LogP contribution in [0.2, 0.25) is 0 Å². The van der Waals surface area contributed by atoms with Gasteiger partial charge < -0.3 is 19.9 Å². The van der Waals surface area contributed by atoms with E-state index in [4.69, 9.17) is 29.9 Å². The standard InChI is InChI=1S/C64H32N8.Pt/c65-33-35-11-9-21-45(23-35)55-57-47-25-37-13-1-2-14-38(37)26-48(47)58(67-57)56(46-22-10-12-36(24-46)34-66)60-50-28-40-16-4-6-18-42(40)30-52(50)62(69-60)71-64-54-32-44-20-8-7-19-43(44)31-53(54)63(72-64)70-61-51-29-41-17-5-3-15-39(41)27-49(51)59(55)68-61;/h1-32H;/q-2;+2. The second-order valence-electron chi connectivity index (χ2n) is 18.5. The van der Waals surface area contributed by atoms with E-state index in [0.29, 0.717) is 56.5 Å². The fraction of sp³-hybridized carbons (Fsp3) is 0. The molecule has 0 saturated carbocycles. The Kier molecular flexibility index (Phi) is 9.41. The van der Waals surface area contributed by atoms with Gasteiger partial charge in [0.2, 0.25) is 0 Å². The van der Waals surface area contributed by atoms with E-state index >= 15 is 0 Å². The molecule has 3 aromatic heterocycles. The molecule has 13 aromatic rings. The molecule has 338 valence electrons. The Morgan fingerprint density at radius 3 is 1.04 bits per heavy atom. The van der Waals surface area contributed by atoms with Crippen molar-refractivity contribution < 1.29 is 21.1 Å². The van der Waals surface area contributed by atoms with Crippen LogP contribution in [0.5, 0.6) is 0 Å². The van der Waals surface area contributed by atoms with E-state index in [-0.39, 0.29) is 21.1 Å². The zero-order valence-corrected chi connectivity index (χ0v) is 40.6. The Morgan fingerprint density at radius 1 is 0.329 bits per heavy atom. The molecule has 73 heavy (non-hydrogen) atoms. The third-order valence-electron chi connectivity index (χ3n) is 14.3. The van der Waals surface area contributed by atoms with Crippen molar-refractivity contribution in [3.63, 3.8) is 0 Å². The average molecular weight is 1110 g/mol. The Morgan fingerprint density at radius 2 is 0.671 bits per heavy atom. The molecule has 0 radical (unpaired) electrons. The molecule has 8 nitrogen and oxygen atoms in total.